The summed E-state index contributed by atoms with van der Waals surface area (Å²) in [7, 11) is 0. The predicted octanol–water partition coefficient (Wildman–Crippen LogP) is 2.81. The lowest BCUT2D eigenvalue weighted by Crippen LogP contribution is -2.51. The van der Waals surface area contributed by atoms with E-state index in [0.29, 0.717) is 23.7 Å². The molecular weight excluding hydrogens is 260 g/mol. The summed E-state index contributed by atoms with van der Waals surface area (Å²) < 4.78 is 0. The van der Waals surface area contributed by atoms with Crippen molar-refractivity contribution in [2.24, 2.45) is 29.6 Å². The Morgan fingerprint density at radius 2 is 1.81 bits per heavy atom. The zero-order valence-electron chi connectivity index (χ0n) is 12.5. The molecule has 1 heterocycles. The molecule has 4 aliphatic carbocycles. The molecule has 0 unspecified atom stereocenters. The molecule has 3 heteroatoms. The van der Waals surface area contributed by atoms with Crippen LogP contribution in [0.15, 0.2) is 24.4 Å². The van der Waals surface area contributed by atoms with E-state index in [2.05, 4.69) is 10.3 Å². The van der Waals surface area contributed by atoms with Crippen molar-refractivity contribution >= 4 is 5.91 Å². The second kappa shape index (κ2) is 5.43. The zero-order chi connectivity index (χ0) is 14.2. The molecule has 1 amide bonds. The standard InChI is InChI=1S/C18H24N2O/c21-18(20-6-4-16-3-1-2-5-19-16)17-14-8-12-7-13(10-14)11-15(17)9-12/h1-3,5,12-15,17H,4,6-11H2,(H,20,21). The van der Waals surface area contributed by atoms with Gasteiger partial charge in [0.1, 0.15) is 0 Å². The third-order valence-electron chi connectivity index (χ3n) is 5.94. The van der Waals surface area contributed by atoms with Gasteiger partial charge in [0, 0.05) is 30.8 Å². The van der Waals surface area contributed by atoms with Gasteiger partial charge in [0.2, 0.25) is 5.91 Å². The minimum absolute atomic E-state index is 0.307. The molecule has 0 saturated heterocycles. The Bertz CT molecular complexity index is 485. The van der Waals surface area contributed by atoms with Gasteiger partial charge in [0.05, 0.1) is 0 Å². The topological polar surface area (TPSA) is 42.0 Å². The van der Waals surface area contributed by atoms with Crippen LogP contribution in [0.1, 0.15) is 37.8 Å². The van der Waals surface area contributed by atoms with Crippen LogP contribution in [-0.2, 0) is 11.2 Å². The van der Waals surface area contributed by atoms with Gasteiger partial charge < -0.3 is 5.32 Å². The lowest BCUT2D eigenvalue weighted by atomic mass is 9.51. The highest BCUT2D eigenvalue weighted by atomic mass is 16.1. The minimum atomic E-state index is 0.307. The summed E-state index contributed by atoms with van der Waals surface area (Å²) >= 11 is 0. The fourth-order valence-corrected chi connectivity index (χ4v) is 5.33. The van der Waals surface area contributed by atoms with Crippen molar-refractivity contribution in [3.05, 3.63) is 30.1 Å². The molecule has 1 aromatic heterocycles. The minimum Gasteiger partial charge on any atom is -0.355 e. The first kappa shape index (κ1) is 13.3. The van der Waals surface area contributed by atoms with Crippen molar-refractivity contribution in [1.82, 2.24) is 10.3 Å². The van der Waals surface area contributed by atoms with Crippen LogP contribution in [0.2, 0.25) is 0 Å². The Kier molecular flexibility index (Phi) is 3.44. The summed E-state index contributed by atoms with van der Waals surface area (Å²) in [5, 5.41) is 3.18. The summed E-state index contributed by atoms with van der Waals surface area (Å²) in [4.78, 5) is 16.9. The van der Waals surface area contributed by atoms with Crippen LogP contribution in [0.25, 0.3) is 0 Å². The van der Waals surface area contributed by atoms with Crippen molar-refractivity contribution in [1.29, 1.82) is 0 Å². The van der Waals surface area contributed by atoms with Crippen LogP contribution in [0.3, 0.4) is 0 Å². The molecule has 112 valence electrons. The van der Waals surface area contributed by atoms with Gasteiger partial charge in [0.15, 0.2) is 0 Å². The first-order valence-electron chi connectivity index (χ1n) is 8.47. The molecule has 0 aromatic carbocycles. The third kappa shape index (κ3) is 2.58. The zero-order valence-corrected chi connectivity index (χ0v) is 12.5. The molecule has 0 atom stereocenters. The average molecular weight is 284 g/mol. The maximum Gasteiger partial charge on any atom is 0.223 e. The number of amides is 1. The molecule has 0 aliphatic heterocycles. The van der Waals surface area contributed by atoms with E-state index in [4.69, 9.17) is 0 Å². The number of nitrogens with zero attached hydrogens (tertiary/aromatic N) is 1. The maximum atomic E-state index is 12.6. The molecule has 5 rings (SSSR count). The van der Waals surface area contributed by atoms with E-state index in [1.807, 2.05) is 24.4 Å². The normalized spacial score (nSPS) is 36.7. The Balaban J connectivity index is 1.33. The SMILES string of the molecule is O=C(NCCc1ccccn1)C1C2CC3CC(C2)CC1C3. The molecule has 1 aromatic rings. The lowest BCUT2D eigenvalue weighted by Gasteiger charge is -2.53. The van der Waals surface area contributed by atoms with Gasteiger partial charge in [-0.25, -0.2) is 0 Å². The fraction of sp³-hybridized carbons (Fsp3) is 0.667. The van der Waals surface area contributed by atoms with Crippen LogP contribution >= 0.6 is 0 Å². The number of carbonyl (C=O) groups excluding carboxylic acids is 1. The van der Waals surface area contributed by atoms with Gasteiger partial charge in [-0.3, -0.25) is 9.78 Å². The fourth-order valence-electron chi connectivity index (χ4n) is 5.33. The van der Waals surface area contributed by atoms with Crippen molar-refractivity contribution in [3.8, 4) is 0 Å². The molecule has 1 N–H and O–H groups in total. The Morgan fingerprint density at radius 3 is 2.43 bits per heavy atom. The first-order valence-corrected chi connectivity index (χ1v) is 8.47. The van der Waals surface area contributed by atoms with Gasteiger partial charge in [-0.1, -0.05) is 6.07 Å². The molecule has 4 aliphatic rings. The number of rotatable bonds is 4. The second-order valence-electron chi connectivity index (χ2n) is 7.32. The number of nitrogens with one attached hydrogen (secondary N) is 1. The van der Waals surface area contributed by atoms with Gasteiger partial charge in [-0.15, -0.1) is 0 Å². The van der Waals surface area contributed by atoms with Gasteiger partial charge in [-0.2, -0.15) is 0 Å². The van der Waals surface area contributed by atoms with E-state index in [9.17, 15) is 4.79 Å². The summed E-state index contributed by atoms with van der Waals surface area (Å²) in [6.07, 6.45) is 9.34. The van der Waals surface area contributed by atoms with Crippen molar-refractivity contribution in [2.45, 2.75) is 38.5 Å². The molecular formula is C18H24N2O. The predicted molar refractivity (Wildman–Crippen MR) is 81.5 cm³/mol. The van der Waals surface area contributed by atoms with Crippen LogP contribution in [0, 0.1) is 29.6 Å². The van der Waals surface area contributed by atoms with Crippen LogP contribution in [0.4, 0.5) is 0 Å². The lowest BCUT2D eigenvalue weighted by molar-refractivity contribution is -0.138. The molecule has 0 radical (unpaired) electrons. The number of pyridine rings is 1. The van der Waals surface area contributed by atoms with Crippen LogP contribution in [-0.4, -0.2) is 17.4 Å². The van der Waals surface area contributed by atoms with Gasteiger partial charge in [0.25, 0.3) is 0 Å². The van der Waals surface area contributed by atoms with E-state index >= 15 is 0 Å². The second-order valence-corrected chi connectivity index (χ2v) is 7.32. The monoisotopic (exact) mass is 284 g/mol. The maximum absolute atomic E-state index is 12.6. The average Bonchev–Trinajstić information content (AvgIpc) is 2.47. The van der Waals surface area contributed by atoms with Crippen molar-refractivity contribution in [2.75, 3.05) is 6.54 Å². The van der Waals surface area contributed by atoms with E-state index in [1.165, 1.54) is 32.1 Å². The summed E-state index contributed by atoms with van der Waals surface area (Å²) in [6, 6.07) is 5.95. The van der Waals surface area contributed by atoms with E-state index in [1.54, 1.807) is 0 Å². The first-order chi connectivity index (χ1) is 10.3. The van der Waals surface area contributed by atoms with E-state index < -0.39 is 0 Å². The number of hydrogen-bond acceptors (Lipinski definition) is 2. The molecule has 4 bridgehead atoms. The summed E-state index contributed by atoms with van der Waals surface area (Å²) in [5.74, 6) is 3.85. The largest absolute Gasteiger partial charge is 0.355 e. The van der Waals surface area contributed by atoms with E-state index in [0.717, 1.165) is 30.5 Å². The van der Waals surface area contributed by atoms with Crippen LogP contribution in [0.5, 0.6) is 0 Å². The molecule has 0 spiro atoms. The molecule has 4 saturated carbocycles. The van der Waals surface area contributed by atoms with Gasteiger partial charge >= 0.3 is 0 Å². The Morgan fingerprint density at radius 1 is 1.10 bits per heavy atom. The molecule has 21 heavy (non-hydrogen) atoms. The quantitative estimate of drug-likeness (QED) is 0.924. The van der Waals surface area contributed by atoms with Crippen molar-refractivity contribution < 1.29 is 4.79 Å². The van der Waals surface area contributed by atoms with Crippen molar-refractivity contribution in [3.63, 3.8) is 0 Å². The highest BCUT2D eigenvalue weighted by Gasteiger charge is 2.50. The highest BCUT2D eigenvalue weighted by Crippen LogP contribution is 2.56. The van der Waals surface area contributed by atoms with E-state index in [-0.39, 0.29) is 0 Å². The summed E-state index contributed by atoms with van der Waals surface area (Å²) in [6.45, 7) is 0.721. The number of aromatic nitrogens is 1. The van der Waals surface area contributed by atoms with Crippen LogP contribution < -0.4 is 5.32 Å². The third-order valence-corrected chi connectivity index (χ3v) is 5.94. The Hall–Kier alpha value is -1.38. The number of carbonyl (C=O) groups is 1. The molecule has 3 nitrogen and oxygen atoms in total. The molecule has 4 fully saturated rings. The highest BCUT2D eigenvalue weighted by molar-refractivity contribution is 5.79. The number of hydrogen-bond donors (Lipinski definition) is 1. The smallest absolute Gasteiger partial charge is 0.223 e. The Labute approximate surface area is 126 Å². The van der Waals surface area contributed by atoms with Gasteiger partial charge in [-0.05, 0) is 67.9 Å². The summed E-state index contributed by atoms with van der Waals surface area (Å²) in [5.41, 5.74) is 1.06.